The van der Waals surface area contributed by atoms with Gasteiger partial charge in [-0.3, -0.25) is 25.5 Å². The van der Waals surface area contributed by atoms with Crippen LogP contribution in [0.3, 0.4) is 0 Å². The van der Waals surface area contributed by atoms with Crippen molar-refractivity contribution in [2.24, 2.45) is 0 Å². The van der Waals surface area contributed by atoms with E-state index in [1.165, 1.54) is 30.5 Å². The summed E-state index contributed by atoms with van der Waals surface area (Å²) in [4.78, 5) is 24.6. The van der Waals surface area contributed by atoms with Gasteiger partial charge >= 0.3 is 0 Å². The van der Waals surface area contributed by atoms with Crippen LogP contribution in [0.15, 0.2) is 88.4 Å². The molecule has 2 heterocycles. The summed E-state index contributed by atoms with van der Waals surface area (Å²) in [5, 5.41) is 6.71. The van der Waals surface area contributed by atoms with E-state index in [9.17, 15) is 18.0 Å². The summed E-state index contributed by atoms with van der Waals surface area (Å²) >= 11 is 0. The summed E-state index contributed by atoms with van der Waals surface area (Å²) in [7, 11) is -3.78. The Morgan fingerprint density at radius 2 is 1.64 bits per heavy atom. The Balaban J connectivity index is 1.33. The predicted molar refractivity (Wildman–Crippen MR) is 118 cm³/mol. The largest absolute Gasteiger partial charge is 0.468 e. The van der Waals surface area contributed by atoms with Crippen LogP contribution >= 0.6 is 0 Å². The van der Waals surface area contributed by atoms with Crippen molar-refractivity contribution >= 4 is 21.8 Å². The van der Waals surface area contributed by atoms with Crippen LogP contribution in [0.5, 0.6) is 0 Å². The molecule has 0 aliphatic rings. The van der Waals surface area contributed by atoms with Gasteiger partial charge in [0.2, 0.25) is 10.0 Å². The number of rotatable bonds is 7. The maximum Gasteiger partial charge on any atom is 0.287 e. The molecule has 0 fully saturated rings. The Labute approximate surface area is 189 Å². The van der Waals surface area contributed by atoms with Crippen molar-refractivity contribution in [3.8, 4) is 11.3 Å². The molecular formula is C22H19N5O5S. The second kappa shape index (κ2) is 9.51. The number of sulfonamides is 1. The lowest BCUT2D eigenvalue weighted by Gasteiger charge is -2.08. The van der Waals surface area contributed by atoms with Crippen LogP contribution in [0.1, 0.15) is 26.6 Å². The molecule has 0 saturated carbocycles. The second-order valence-electron chi connectivity index (χ2n) is 6.87. The summed E-state index contributed by atoms with van der Waals surface area (Å²) in [6, 6.07) is 19.4. The maximum absolute atomic E-state index is 12.4. The summed E-state index contributed by atoms with van der Waals surface area (Å²) in [5.41, 5.74) is 6.33. The molecule has 0 unspecified atom stereocenters. The topological polar surface area (TPSA) is 146 Å². The number of nitrogens with one attached hydrogen (secondary N) is 4. The Morgan fingerprint density at radius 1 is 0.909 bits per heavy atom. The number of hydrazine groups is 1. The molecule has 33 heavy (non-hydrogen) atoms. The van der Waals surface area contributed by atoms with Gasteiger partial charge in [0.1, 0.15) is 11.5 Å². The first-order valence-corrected chi connectivity index (χ1v) is 11.2. The SMILES string of the molecule is O=C(NNC(=O)c1cc(-c2ccccc2)n[nH]1)c1ccc(S(=O)(=O)NCc2ccco2)cc1. The van der Waals surface area contributed by atoms with Crippen molar-refractivity contribution in [2.45, 2.75) is 11.4 Å². The van der Waals surface area contributed by atoms with Crippen LogP contribution in [0.25, 0.3) is 11.3 Å². The van der Waals surface area contributed by atoms with Gasteiger partial charge in [-0.1, -0.05) is 30.3 Å². The van der Waals surface area contributed by atoms with Crippen molar-refractivity contribution in [2.75, 3.05) is 0 Å². The lowest BCUT2D eigenvalue weighted by atomic mass is 10.1. The molecule has 4 rings (SSSR count). The summed E-state index contributed by atoms with van der Waals surface area (Å²) in [6.45, 7) is 0.00316. The van der Waals surface area contributed by atoms with Crippen LogP contribution < -0.4 is 15.6 Å². The van der Waals surface area contributed by atoms with Gasteiger partial charge in [-0.05, 0) is 42.5 Å². The molecule has 0 spiro atoms. The fraction of sp³-hybridized carbons (Fsp3) is 0.0455. The monoisotopic (exact) mass is 465 g/mol. The third-order valence-corrected chi connectivity index (χ3v) is 6.04. The zero-order chi connectivity index (χ0) is 23.3. The first kappa shape index (κ1) is 22.0. The minimum Gasteiger partial charge on any atom is -0.468 e. The highest BCUT2D eigenvalue weighted by atomic mass is 32.2. The molecule has 0 aliphatic heterocycles. The zero-order valence-electron chi connectivity index (χ0n) is 17.1. The van der Waals surface area contributed by atoms with E-state index < -0.39 is 21.8 Å². The van der Waals surface area contributed by atoms with Gasteiger partial charge in [-0.2, -0.15) is 5.10 Å². The van der Waals surface area contributed by atoms with Gasteiger partial charge in [-0.25, -0.2) is 13.1 Å². The van der Waals surface area contributed by atoms with Crippen molar-refractivity contribution in [1.82, 2.24) is 25.8 Å². The molecule has 2 aromatic heterocycles. The van der Waals surface area contributed by atoms with E-state index >= 15 is 0 Å². The molecule has 10 nitrogen and oxygen atoms in total. The number of aromatic amines is 1. The molecular weight excluding hydrogens is 446 g/mol. The van der Waals surface area contributed by atoms with Crippen molar-refractivity contribution in [3.05, 3.63) is 96.1 Å². The van der Waals surface area contributed by atoms with Crippen LogP contribution in [0.4, 0.5) is 0 Å². The average Bonchev–Trinajstić information content (AvgIpc) is 3.54. The number of furan rings is 1. The third kappa shape index (κ3) is 5.34. The second-order valence-corrected chi connectivity index (χ2v) is 8.64. The van der Waals surface area contributed by atoms with E-state index in [1.807, 2.05) is 30.3 Å². The summed E-state index contributed by atoms with van der Waals surface area (Å²) in [6.07, 6.45) is 1.45. The van der Waals surface area contributed by atoms with Crippen LogP contribution in [0, 0.1) is 0 Å². The standard InChI is InChI=1S/C22H19N5O5S/c28-21(26-27-22(29)20-13-19(24-25-20)15-5-2-1-3-6-15)16-8-10-18(11-9-16)33(30,31)23-14-17-7-4-12-32-17/h1-13,23H,14H2,(H,24,25)(H,26,28)(H,27,29). The van der Waals surface area contributed by atoms with E-state index in [0.29, 0.717) is 11.5 Å². The lowest BCUT2D eigenvalue weighted by molar-refractivity contribution is 0.0844. The molecule has 2 amide bonds. The molecule has 0 atom stereocenters. The number of carbonyl (C=O) groups is 2. The molecule has 168 valence electrons. The summed E-state index contributed by atoms with van der Waals surface area (Å²) in [5.74, 6) is -0.725. The van der Waals surface area contributed by atoms with Crippen LogP contribution in [-0.4, -0.2) is 30.4 Å². The number of H-pyrrole nitrogens is 1. The molecule has 4 aromatic rings. The normalized spacial score (nSPS) is 11.2. The van der Waals surface area contributed by atoms with E-state index in [1.54, 1.807) is 18.2 Å². The Hall–Kier alpha value is -4.22. The number of carbonyl (C=O) groups excluding carboxylic acids is 2. The highest BCUT2D eigenvalue weighted by Gasteiger charge is 2.16. The van der Waals surface area contributed by atoms with E-state index in [4.69, 9.17) is 4.42 Å². The molecule has 4 N–H and O–H groups in total. The van der Waals surface area contributed by atoms with Crippen LogP contribution in [0.2, 0.25) is 0 Å². The maximum atomic E-state index is 12.4. The molecule has 2 aromatic carbocycles. The molecule has 0 bridgehead atoms. The number of nitrogens with zero attached hydrogens (tertiary/aromatic N) is 1. The van der Waals surface area contributed by atoms with E-state index in [0.717, 1.165) is 5.56 Å². The number of aromatic nitrogens is 2. The van der Waals surface area contributed by atoms with Gasteiger partial charge in [0, 0.05) is 11.1 Å². The van der Waals surface area contributed by atoms with E-state index in [-0.39, 0.29) is 22.7 Å². The molecule has 0 saturated heterocycles. The van der Waals surface area contributed by atoms with Crippen LogP contribution in [-0.2, 0) is 16.6 Å². The first-order valence-electron chi connectivity index (χ1n) is 9.76. The molecule has 0 radical (unpaired) electrons. The highest BCUT2D eigenvalue weighted by molar-refractivity contribution is 7.89. The van der Waals surface area contributed by atoms with Gasteiger partial charge < -0.3 is 4.42 Å². The van der Waals surface area contributed by atoms with Gasteiger partial charge in [0.15, 0.2) is 0 Å². The quantitative estimate of drug-likeness (QED) is 0.308. The fourth-order valence-corrected chi connectivity index (χ4v) is 3.89. The van der Waals surface area contributed by atoms with Crippen molar-refractivity contribution in [3.63, 3.8) is 0 Å². The highest BCUT2D eigenvalue weighted by Crippen LogP contribution is 2.16. The minimum absolute atomic E-state index is 0.00316. The Morgan fingerprint density at radius 3 is 2.33 bits per heavy atom. The predicted octanol–water partition coefficient (Wildman–Crippen LogP) is 2.22. The Bertz CT molecular complexity index is 1350. The van der Waals surface area contributed by atoms with E-state index in [2.05, 4.69) is 25.8 Å². The smallest absolute Gasteiger partial charge is 0.287 e. The van der Waals surface area contributed by atoms with Crippen molar-refractivity contribution < 1.29 is 22.4 Å². The molecule has 11 heteroatoms. The Kier molecular flexibility index (Phi) is 6.33. The van der Waals surface area contributed by atoms with Gasteiger partial charge in [-0.15, -0.1) is 0 Å². The minimum atomic E-state index is -3.78. The molecule has 0 aliphatic carbocycles. The fourth-order valence-electron chi connectivity index (χ4n) is 2.90. The number of hydrogen-bond acceptors (Lipinski definition) is 6. The van der Waals surface area contributed by atoms with Gasteiger partial charge in [0.25, 0.3) is 11.8 Å². The number of amides is 2. The third-order valence-electron chi connectivity index (χ3n) is 4.62. The summed E-state index contributed by atoms with van der Waals surface area (Å²) < 4.78 is 32.2. The average molecular weight is 465 g/mol. The number of benzene rings is 2. The first-order chi connectivity index (χ1) is 15.9. The van der Waals surface area contributed by atoms with Gasteiger partial charge in [0.05, 0.1) is 23.4 Å². The number of hydrogen-bond donors (Lipinski definition) is 4. The zero-order valence-corrected chi connectivity index (χ0v) is 17.9. The van der Waals surface area contributed by atoms with Crippen molar-refractivity contribution in [1.29, 1.82) is 0 Å². The lowest BCUT2D eigenvalue weighted by Crippen LogP contribution is -2.41.